The van der Waals surface area contributed by atoms with Crippen LogP contribution in [0.1, 0.15) is 41.0 Å². The summed E-state index contributed by atoms with van der Waals surface area (Å²) < 4.78 is 18.4. The molecular formula is C26H32O4Si. The van der Waals surface area contributed by atoms with Crippen molar-refractivity contribution in [1.82, 2.24) is 0 Å². The van der Waals surface area contributed by atoms with Gasteiger partial charge in [-0.15, -0.1) is 6.42 Å². The summed E-state index contributed by atoms with van der Waals surface area (Å²) in [5.74, 6) is 2.45. The maximum Gasteiger partial charge on any atom is 0.304 e. The fraction of sp³-hybridized carbons (Fsp3) is 0.423. The van der Waals surface area contributed by atoms with E-state index in [-0.39, 0.29) is 23.5 Å². The molecule has 1 heterocycles. The lowest BCUT2D eigenvalue weighted by atomic mass is 9.90. The smallest absolute Gasteiger partial charge is 0.304 e. The Morgan fingerprint density at radius 2 is 1.65 bits per heavy atom. The molecule has 0 amide bonds. The van der Waals surface area contributed by atoms with Crippen LogP contribution in [0.5, 0.6) is 0 Å². The van der Waals surface area contributed by atoms with Crippen LogP contribution in [-0.2, 0) is 18.7 Å². The summed E-state index contributed by atoms with van der Waals surface area (Å²) in [4.78, 5) is 11.4. The average molecular weight is 437 g/mol. The van der Waals surface area contributed by atoms with Gasteiger partial charge < -0.3 is 13.9 Å². The Morgan fingerprint density at radius 1 is 1.13 bits per heavy atom. The molecule has 0 radical (unpaired) electrons. The molecule has 31 heavy (non-hydrogen) atoms. The maximum absolute atomic E-state index is 11.4. The lowest BCUT2D eigenvalue weighted by Crippen LogP contribution is -2.67. The SMILES string of the molecule is C#C[C@]1(CO[Si](c2ccccc2)(c2ccccc2)C(C)(C)C)OC(OC(C)=O)C[C@@H]1C. The van der Waals surface area contributed by atoms with E-state index in [1.54, 1.807) is 0 Å². The van der Waals surface area contributed by atoms with Gasteiger partial charge in [-0.1, -0.05) is 94.3 Å². The fourth-order valence-corrected chi connectivity index (χ4v) is 9.09. The molecule has 0 aromatic heterocycles. The van der Waals surface area contributed by atoms with Crippen LogP contribution >= 0.6 is 0 Å². The number of terminal acetylenes is 1. The first kappa shape index (κ1) is 23.3. The van der Waals surface area contributed by atoms with E-state index in [2.05, 4.69) is 75.2 Å². The van der Waals surface area contributed by atoms with Crippen LogP contribution < -0.4 is 10.4 Å². The minimum Gasteiger partial charge on any atom is -0.436 e. The topological polar surface area (TPSA) is 44.8 Å². The third kappa shape index (κ3) is 4.47. The first-order chi connectivity index (χ1) is 14.6. The minimum absolute atomic E-state index is 0.0138. The van der Waals surface area contributed by atoms with Crippen molar-refractivity contribution in [3.8, 4) is 12.3 Å². The van der Waals surface area contributed by atoms with E-state index >= 15 is 0 Å². The van der Waals surface area contributed by atoms with Crippen LogP contribution in [0.2, 0.25) is 5.04 Å². The summed E-state index contributed by atoms with van der Waals surface area (Å²) in [5, 5.41) is 2.20. The van der Waals surface area contributed by atoms with Crippen molar-refractivity contribution >= 4 is 24.7 Å². The van der Waals surface area contributed by atoms with E-state index in [1.807, 2.05) is 19.1 Å². The van der Waals surface area contributed by atoms with Crippen molar-refractivity contribution in [3.63, 3.8) is 0 Å². The third-order valence-corrected chi connectivity index (χ3v) is 11.1. The van der Waals surface area contributed by atoms with Gasteiger partial charge >= 0.3 is 5.97 Å². The molecule has 3 atom stereocenters. The second-order valence-corrected chi connectivity index (χ2v) is 13.6. The molecule has 5 heteroatoms. The van der Waals surface area contributed by atoms with Gasteiger partial charge in [0.05, 0.1) is 6.61 Å². The van der Waals surface area contributed by atoms with Crippen LogP contribution in [0.25, 0.3) is 0 Å². The van der Waals surface area contributed by atoms with Gasteiger partial charge in [0.1, 0.15) is 0 Å². The normalized spacial score (nSPS) is 23.9. The maximum atomic E-state index is 11.4. The lowest BCUT2D eigenvalue weighted by Gasteiger charge is -2.44. The van der Waals surface area contributed by atoms with Gasteiger partial charge in [0.15, 0.2) is 5.60 Å². The second-order valence-electron chi connectivity index (χ2n) is 9.28. The quantitative estimate of drug-likeness (QED) is 0.392. The summed E-state index contributed by atoms with van der Waals surface area (Å²) in [7, 11) is -2.75. The number of ether oxygens (including phenoxy) is 2. The van der Waals surface area contributed by atoms with E-state index in [4.69, 9.17) is 20.3 Å². The van der Waals surface area contributed by atoms with Crippen LogP contribution in [0.15, 0.2) is 60.7 Å². The zero-order valence-electron chi connectivity index (χ0n) is 19.1. The summed E-state index contributed by atoms with van der Waals surface area (Å²) in [6, 6.07) is 20.8. The summed E-state index contributed by atoms with van der Waals surface area (Å²) in [6.07, 6.45) is 5.89. The number of esters is 1. The van der Waals surface area contributed by atoms with Crippen molar-refractivity contribution in [3.05, 3.63) is 60.7 Å². The van der Waals surface area contributed by atoms with Gasteiger partial charge in [0.25, 0.3) is 8.32 Å². The molecule has 1 fully saturated rings. The molecule has 4 nitrogen and oxygen atoms in total. The zero-order chi connectivity index (χ0) is 22.7. The minimum atomic E-state index is -2.75. The van der Waals surface area contributed by atoms with Crippen molar-refractivity contribution in [2.24, 2.45) is 5.92 Å². The van der Waals surface area contributed by atoms with Gasteiger partial charge in [-0.2, -0.15) is 0 Å². The fourth-order valence-electron chi connectivity index (χ4n) is 4.51. The van der Waals surface area contributed by atoms with E-state index in [0.29, 0.717) is 6.42 Å². The van der Waals surface area contributed by atoms with Gasteiger partial charge in [0.2, 0.25) is 6.29 Å². The molecule has 1 aliphatic rings. The Bertz CT molecular complexity index is 890. The van der Waals surface area contributed by atoms with Crippen LogP contribution in [-0.4, -0.2) is 32.8 Å². The number of rotatable bonds is 6. The molecule has 1 aliphatic heterocycles. The molecule has 0 spiro atoms. The number of hydrogen-bond acceptors (Lipinski definition) is 4. The molecule has 164 valence electrons. The summed E-state index contributed by atoms with van der Waals surface area (Å²) >= 11 is 0. The molecule has 1 saturated heterocycles. The number of benzene rings is 2. The highest BCUT2D eigenvalue weighted by Crippen LogP contribution is 2.41. The van der Waals surface area contributed by atoms with Gasteiger partial charge in [0, 0.05) is 19.3 Å². The lowest BCUT2D eigenvalue weighted by molar-refractivity contribution is -0.182. The highest BCUT2D eigenvalue weighted by Gasteiger charge is 2.54. The highest BCUT2D eigenvalue weighted by molar-refractivity contribution is 6.99. The Hall–Kier alpha value is -2.39. The molecule has 0 bridgehead atoms. The summed E-state index contributed by atoms with van der Waals surface area (Å²) in [5.41, 5.74) is -0.951. The molecule has 2 aromatic rings. The summed E-state index contributed by atoms with van der Waals surface area (Å²) in [6.45, 7) is 10.3. The van der Waals surface area contributed by atoms with Crippen LogP contribution in [0.3, 0.4) is 0 Å². The predicted molar refractivity (Wildman–Crippen MR) is 126 cm³/mol. The molecule has 2 aromatic carbocycles. The zero-order valence-corrected chi connectivity index (χ0v) is 20.1. The molecule has 3 rings (SSSR count). The number of hydrogen-bond donors (Lipinski definition) is 0. The average Bonchev–Trinajstić information content (AvgIpc) is 3.03. The second kappa shape index (κ2) is 9.00. The Labute approximate surface area is 187 Å². The standard InChI is InChI=1S/C26H32O4Si/c1-7-26(20(2)18-24(30-26)29-21(3)27)19-28-31(25(4,5)6,22-14-10-8-11-15-22)23-16-12-9-13-17-23/h1,8-17,20,24H,18-19H2,2-6H3/t20-,24?,26+/m0/s1. The first-order valence-electron chi connectivity index (χ1n) is 10.7. The molecule has 0 saturated carbocycles. The Morgan fingerprint density at radius 3 is 2.06 bits per heavy atom. The molecule has 0 N–H and O–H groups in total. The number of carbonyl (C=O) groups excluding carboxylic acids is 1. The van der Waals surface area contributed by atoms with Crippen molar-refractivity contribution in [2.75, 3.05) is 6.61 Å². The third-order valence-electron chi connectivity index (χ3n) is 6.15. The largest absolute Gasteiger partial charge is 0.436 e. The Kier molecular flexibility index (Phi) is 6.75. The van der Waals surface area contributed by atoms with Gasteiger partial charge in [-0.25, -0.2) is 0 Å². The van der Waals surface area contributed by atoms with Crippen LogP contribution in [0.4, 0.5) is 0 Å². The van der Waals surface area contributed by atoms with E-state index in [1.165, 1.54) is 17.3 Å². The van der Waals surface area contributed by atoms with E-state index in [0.717, 1.165) is 0 Å². The van der Waals surface area contributed by atoms with E-state index in [9.17, 15) is 4.79 Å². The molecule has 0 aliphatic carbocycles. The van der Waals surface area contributed by atoms with E-state index < -0.39 is 20.2 Å². The van der Waals surface area contributed by atoms with Crippen molar-refractivity contribution in [1.29, 1.82) is 0 Å². The van der Waals surface area contributed by atoms with Crippen molar-refractivity contribution in [2.45, 2.75) is 58.0 Å². The first-order valence-corrected chi connectivity index (χ1v) is 12.6. The van der Waals surface area contributed by atoms with Gasteiger partial charge in [-0.05, 0) is 15.4 Å². The Balaban J connectivity index is 2.04. The molecule has 1 unspecified atom stereocenters. The predicted octanol–water partition coefficient (Wildman–Crippen LogP) is 3.88. The monoisotopic (exact) mass is 436 g/mol. The number of carbonyl (C=O) groups is 1. The highest BCUT2D eigenvalue weighted by atomic mass is 28.4. The van der Waals surface area contributed by atoms with Crippen LogP contribution in [0, 0.1) is 18.3 Å². The van der Waals surface area contributed by atoms with Crippen molar-refractivity contribution < 1.29 is 18.7 Å². The molecular weight excluding hydrogens is 404 g/mol. The van der Waals surface area contributed by atoms with Gasteiger partial charge in [-0.3, -0.25) is 4.79 Å².